The second-order valence-electron chi connectivity index (χ2n) is 3.44. The van der Waals surface area contributed by atoms with E-state index in [9.17, 15) is 9.18 Å². The molecule has 0 saturated heterocycles. The number of halogens is 3. The van der Waals surface area contributed by atoms with Crippen LogP contribution < -0.4 is 0 Å². The van der Waals surface area contributed by atoms with E-state index in [0.717, 1.165) is 6.07 Å². The molecular formula is C12H10Cl2FNO2. The Balaban J connectivity index is 2.94. The molecule has 6 heteroatoms. The Hall–Kier alpha value is -1.31. The van der Waals surface area contributed by atoms with Gasteiger partial charge in [-0.1, -0.05) is 23.2 Å². The highest BCUT2D eigenvalue weighted by Crippen LogP contribution is 2.30. The van der Waals surface area contributed by atoms with E-state index in [1.54, 1.807) is 13.0 Å². The number of esters is 1. The van der Waals surface area contributed by atoms with E-state index in [4.69, 9.17) is 33.2 Å². The van der Waals surface area contributed by atoms with E-state index in [1.807, 2.05) is 0 Å². The topological polar surface area (TPSA) is 50.1 Å². The van der Waals surface area contributed by atoms with Crippen molar-refractivity contribution in [2.45, 2.75) is 19.8 Å². The summed E-state index contributed by atoms with van der Waals surface area (Å²) in [7, 11) is 0. The van der Waals surface area contributed by atoms with Gasteiger partial charge in [-0.2, -0.15) is 5.26 Å². The number of hydrogen-bond acceptors (Lipinski definition) is 3. The summed E-state index contributed by atoms with van der Waals surface area (Å²) in [6, 6.07) is 2.87. The third kappa shape index (κ3) is 3.34. The Kier molecular flexibility index (Phi) is 5.39. The maximum absolute atomic E-state index is 13.4. The van der Waals surface area contributed by atoms with Gasteiger partial charge >= 0.3 is 5.97 Å². The standard InChI is InChI=1S/C12H10Cl2FNO2/c1-2-18-10(17)4-3-7-5-9(15)12(14)8(6-16)11(7)13/h5H,2-4H2,1H3. The van der Waals surface area contributed by atoms with Crippen LogP contribution in [0.4, 0.5) is 4.39 Å². The van der Waals surface area contributed by atoms with Gasteiger partial charge in [0, 0.05) is 6.42 Å². The van der Waals surface area contributed by atoms with Gasteiger partial charge in [-0.15, -0.1) is 0 Å². The van der Waals surface area contributed by atoms with Crippen molar-refractivity contribution >= 4 is 29.2 Å². The van der Waals surface area contributed by atoms with Crippen molar-refractivity contribution in [1.82, 2.24) is 0 Å². The molecule has 0 aromatic heterocycles. The molecule has 0 unspecified atom stereocenters. The first kappa shape index (κ1) is 14.7. The van der Waals surface area contributed by atoms with Crippen LogP contribution in [0.3, 0.4) is 0 Å². The van der Waals surface area contributed by atoms with Crippen molar-refractivity contribution in [2.24, 2.45) is 0 Å². The number of rotatable bonds is 4. The van der Waals surface area contributed by atoms with Crippen LogP contribution in [0, 0.1) is 17.1 Å². The van der Waals surface area contributed by atoms with Crippen LogP contribution in [0.5, 0.6) is 0 Å². The first-order chi connectivity index (χ1) is 8.51. The van der Waals surface area contributed by atoms with E-state index >= 15 is 0 Å². The number of carbonyl (C=O) groups excluding carboxylic acids is 1. The van der Waals surface area contributed by atoms with Crippen molar-refractivity contribution in [3.05, 3.63) is 33.1 Å². The van der Waals surface area contributed by atoms with Crippen molar-refractivity contribution in [3.63, 3.8) is 0 Å². The molecule has 0 aliphatic carbocycles. The summed E-state index contributed by atoms with van der Waals surface area (Å²) in [6.07, 6.45) is 0.264. The normalized spacial score (nSPS) is 9.94. The zero-order valence-corrected chi connectivity index (χ0v) is 11.1. The number of carbonyl (C=O) groups is 1. The summed E-state index contributed by atoms with van der Waals surface area (Å²) in [5, 5.41) is 8.61. The molecule has 1 aromatic rings. The number of aryl methyl sites for hydroxylation is 1. The second-order valence-corrected chi connectivity index (χ2v) is 4.19. The van der Waals surface area contributed by atoms with Gasteiger partial charge < -0.3 is 4.74 Å². The molecule has 96 valence electrons. The van der Waals surface area contributed by atoms with Crippen molar-refractivity contribution in [2.75, 3.05) is 6.61 Å². The van der Waals surface area contributed by atoms with Crippen LogP contribution >= 0.6 is 23.2 Å². The molecule has 0 aliphatic rings. The Bertz CT molecular complexity index is 512. The van der Waals surface area contributed by atoms with Gasteiger partial charge in [-0.05, 0) is 25.0 Å². The minimum Gasteiger partial charge on any atom is -0.466 e. The first-order valence-electron chi connectivity index (χ1n) is 5.23. The van der Waals surface area contributed by atoms with E-state index < -0.39 is 11.8 Å². The summed E-state index contributed by atoms with van der Waals surface area (Å²) in [5.74, 6) is -1.13. The molecule has 0 spiro atoms. The number of benzene rings is 1. The van der Waals surface area contributed by atoms with Gasteiger partial charge in [0.25, 0.3) is 0 Å². The predicted octanol–water partition coefficient (Wildman–Crippen LogP) is 3.50. The van der Waals surface area contributed by atoms with Crippen LogP contribution in [-0.2, 0) is 16.0 Å². The molecule has 0 N–H and O–H groups in total. The molecule has 18 heavy (non-hydrogen) atoms. The van der Waals surface area contributed by atoms with Gasteiger partial charge in [0.05, 0.1) is 22.2 Å². The van der Waals surface area contributed by atoms with Crippen LogP contribution in [0.1, 0.15) is 24.5 Å². The van der Waals surface area contributed by atoms with Gasteiger partial charge in [-0.25, -0.2) is 4.39 Å². The summed E-state index contributed by atoms with van der Waals surface area (Å²) >= 11 is 11.5. The molecule has 0 saturated carbocycles. The Morgan fingerprint density at radius 1 is 1.50 bits per heavy atom. The SMILES string of the molecule is CCOC(=O)CCc1cc(F)c(Cl)c(C#N)c1Cl. The lowest BCUT2D eigenvalue weighted by Crippen LogP contribution is -2.06. The van der Waals surface area contributed by atoms with Crippen molar-refractivity contribution < 1.29 is 13.9 Å². The van der Waals surface area contributed by atoms with Gasteiger partial charge in [0.2, 0.25) is 0 Å². The summed E-state index contributed by atoms with van der Waals surface area (Å²) in [6.45, 7) is 1.98. The monoisotopic (exact) mass is 289 g/mol. The predicted molar refractivity (Wildman–Crippen MR) is 66.1 cm³/mol. The van der Waals surface area contributed by atoms with Crippen molar-refractivity contribution in [3.8, 4) is 6.07 Å². The maximum Gasteiger partial charge on any atom is 0.306 e. The van der Waals surface area contributed by atoms with Crippen LogP contribution in [-0.4, -0.2) is 12.6 Å². The highest BCUT2D eigenvalue weighted by molar-refractivity contribution is 6.37. The summed E-state index contributed by atoms with van der Waals surface area (Å²) in [4.78, 5) is 11.2. The number of ether oxygens (including phenoxy) is 1. The molecule has 0 heterocycles. The second kappa shape index (κ2) is 6.58. The van der Waals surface area contributed by atoms with Crippen LogP contribution in [0.2, 0.25) is 10.0 Å². The smallest absolute Gasteiger partial charge is 0.306 e. The lowest BCUT2D eigenvalue weighted by atomic mass is 10.1. The van der Waals surface area contributed by atoms with Gasteiger partial charge in [0.15, 0.2) is 0 Å². The quantitative estimate of drug-likeness (QED) is 0.630. The van der Waals surface area contributed by atoms with Crippen LogP contribution in [0.15, 0.2) is 6.07 Å². The largest absolute Gasteiger partial charge is 0.466 e. The van der Waals surface area contributed by atoms with Crippen LogP contribution in [0.25, 0.3) is 0 Å². The van der Waals surface area contributed by atoms with E-state index in [2.05, 4.69) is 0 Å². The van der Waals surface area contributed by atoms with E-state index in [1.165, 1.54) is 0 Å². The molecule has 0 radical (unpaired) electrons. The van der Waals surface area contributed by atoms with E-state index in [-0.39, 0.29) is 35.1 Å². The fourth-order valence-corrected chi connectivity index (χ4v) is 1.93. The molecule has 0 aliphatic heterocycles. The highest BCUT2D eigenvalue weighted by atomic mass is 35.5. The Morgan fingerprint density at radius 3 is 2.72 bits per heavy atom. The minimum atomic E-state index is -0.725. The number of nitrogens with zero attached hydrogens (tertiary/aromatic N) is 1. The molecule has 3 nitrogen and oxygen atoms in total. The molecule has 1 aromatic carbocycles. The summed E-state index contributed by atoms with van der Waals surface area (Å²) in [5.41, 5.74) is 0.250. The van der Waals surface area contributed by atoms with Gasteiger partial charge in [0.1, 0.15) is 11.9 Å². The first-order valence-corrected chi connectivity index (χ1v) is 5.98. The molecule has 0 fully saturated rings. The third-order valence-electron chi connectivity index (χ3n) is 2.25. The molecular weight excluding hydrogens is 280 g/mol. The van der Waals surface area contributed by atoms with Crippen molar-refractivity contribution in [1.29, 1.82) is 5.26 Å². The lowest BCUT2D eigenvalue weighted by Gasteiger charge is -2.08. The molecule has 0 bridgehead atoms. The zero-order chi connectivity index (χ0) is 13.7. The number of nitriles is 1. The molecule has 1 rings (SSSR count). The molecule has 0 atom stereocenters. The average molecular weight is 290 g/mol. The minimum absolute atomic E-state index is 0.0689. The van der Waals surface area contributed by atoms with Gasteiger partial charge in [-0.3, -0.25) is 4.79 Å². The molecule has 0 amide bonds. The highest BCUT2D eigenvalue weighted by Gasteiger charge is 2.16. The lowest BCUT2D eigenvalue weighted by molar-refractivity contribution is -0.143. The Labute approximate surface area is 114 Å². The maximum atomic E-state index is 13.4. The number of hydrogen-bond donors (Lipinski definition) is 0. The van der Waals surface area contributed by atoms with E-state index in [0.29, 0.717) is 5.56 Å². The third-order valence-corrected chi connectivity index (χ3v) is 3.05. The fraction of sp³-hybridized carbons (Fsp3) is 0.333. The average Bonchev–Trinajstić information content (AvgIpc) is 2.33. The fourth-order valence-electron chi connectivity index (χ4n) is 1.41. The zero-order valence-electron chi connectivity index (χ0n) is 9.60. The Morgan fingerprint density at radius 2 is 2.17 bits per heavy atom. The summed E-state index contributed by atoms with van der Waals surface area (Å²) < 4.78 is 18.2.